The normalized spacial score (nSPS) is 11.8. The molecular formula is C17H24N4O3. The number of carbonyl (C=O) groups is 2. The second-order valence-corrected chi connectivity index (χ2v) is 6.73. The molecule has 2 aromatic rings. The van der Waals surface area contributed by atoms with Crippen LogP contribution in [0.15, 0.2) is 6.07 Å². The second kappa shape index (κ2) is 6.22. The first kappa shape index (κ1) is 17.9. The van der Waals surface area contributed by atoms with Crippen LogP contribution in [0.1, 0.15) is 55.4 Å². The number of amides is 1. The Morgan fingerprint density at radius 1 is 1.33 bits per heavy atom. The highest BCUT2D eigenvalue weighted by molar-refractivity contribution is 6.08. The maximum Gasteiger partial charge on any atom is 0.330 e. The maximum absolute atomic E-state index is 12.8. The monoisotopic (exact) mass is 332 g/mol. The third kappa shape index (κ3) is 3.11. The van der Waals surface area contributed by atoms with Crippen LogP contribution in [0.4, 0.5) is 0 Å². The van der Waals surface area contributed by atoms with E-state index in [9.17, 15) is 9.59 Å². The first-order valence-corrected chi connectivity index (χ1v) is 7.83. The third-order valence-corrected chi connectivity index (χ3v) is 3.95. The Bertz CT molecular complexity index is 806. The van der Waals surface area contributed by atoms with Gasteiger partial charge in [-0.2, -0.15) is 5.10 Å². The molecule has 0 fully saturated rings. The van der Waals surface area contributed by atoms with Gasteiger partial charge in [0, 0.05) is 12.7 Å². The van der Waals surface area contributed by atoms with Crippen LogP contribution >= 0.6 is 0 Å². The zero-order valence-electron chi connectivity index (χ0n) is 15.2. The molecule has 0 spiro atoms. The molecule has 7 heteroatoms. The first-order valence-electron chi connectivity index (χ1n) is 7.83. The van der Waals surface area contributed by atoms with Crippen LogP contribution in [0.2, 0.25) is 0 Å². The summed E-state index contributed by atoms with van der Waals surface area (Å²) in [6.45, 7) is 9.07. The number of aryl methyl sites for hydroxylation is 2. The Hall–Kier alpha value is -2.44. The van der Waals surface area contributed by atoms with Crippen molar-refractivity contribution in [3.8, 4) is 0 Å². The van der Waals surface area contributed by atoms with Gasteiger partial charge in [0.2, 0.25) is 0 Å². The van der Waals surface area contributed by atoms with Crippen LogP contribution < -0.4 is 5.32 Å². The van der Waals surface area contributed by atoms with Gasteiger partial charge in [-0.1, -0.05) is 13.8 Å². The molecule has 0 aliphatic rings. The quantitative estimate of drug-likeness (QED) is 0.866. The van der Waals surface area contributed by atoms with E-state index in [1.54, 1.807) is 31.6 Å². The summed E-state index contributed by atoms with van der Waals surface area (Å²) in [6.07, 6.45) is 0. The number of rotatable bonds is 4. The second-order valence-electron chi connectivity index (χ2n) is 6.73. The summed E-state index contributed by atoms with van der Waals surface area (Å²) in [7, 11) is 3.09. The molecule has 0 bridgehead atoms. The summed E-state index contributed by atoms with van der Waals surface area (Å²) in [5.41, 5.74) is 1.50. The van der Waals surface area contributed by atoms with Crippen LogP contribution in [0.5, 0.6) is 0 Å². The average Bonchev–Trinajstić information content (AvgIpc) is 2.79. The van der Waals surface area contributed by atoms with Crippen molar-refractivity contribution < 1.29 is 14.3 Å². The summed E-state index contributed by atoms with van der Waals surface area (Å²) in [5.74, 6) is -0.700. The van der Waals surface area contributed by atoms with Gasteiger partial charge in [-0.25, -0.2) is 9.78 Å². The van der Waals surface area contributed by atoms with Crippen molar-refractivity contribution in [1.82, 2.24) is 20.1 Å². The topological polar surface area (TPSA) is 86.1 Å². The molecule has 7 nitrogen and oxygen atoms in total. The number of nitrogens with zero attached hydrogens (tertiary/aromatic N) is 3. The highest BCUT2D eigenvalue weighted by Crippen LogP contribution is 2.25. The van der Waals surface area contributed by atoms with E-state index in [2.05, 4.69) is 15.4 Å². The highest BCUT2D eigenvalue weighted by atomic mass is 16.5. The number of hydrogen-bond donors (Lipinski definition) is 1. The highest BCUT2D eigenvalue weighted by Gasteiger charge is 2.32. The van der Waals surface area contributed by atoms with E-state index < -0.39 is 11.5 Å². The Morgan fingerprint density at radius 2 is 1.96 bits per heavy atom. The lowest BCUT2D eigenvalue weighted by Gasteiger charge is -2.23. The zero-order chi connectivity index (χ0) is 18.2. The van der Waals surface area contributed by atoms with Gasteiger partial charge in [-0.15, -0.1) is 0 Å². The number of nitrogens with one attached hydrogen (secondary N) is 1. The molecule has 0 atom stereocenters. The van der Waals surface area contributed by atoms with Gasteiger partial charge in [0.15, 0.2) is 5.65 Å². The van der Waals surface area contributed by atoms with Gasteiger partial charge in [0.05, 0.1) is 23.8 Å². The molecule has 0 aliphatic carbocycles. The Labute approximate surface area is 141 Å². The number of fused-ring (bicyclic) bond motifs is 1. The summed E-state index contributed by atoms with van der Waals surface area (Å²) in [6, 6.07) is 1.77. The van der Waals surface area contributed by atoms with Crippen LogP contribution in [0.3, 0.4) is 0 Å². The number of methoxy groups -OCH3 is 1. The maximum atomic E-state index is 12.8. The van der Waals surface area contributed by atoms with Crippen molar-refractivity contribution in [1.29, 1.82) is 0 Å². The summed E-state index contributed by atoms with van der Waals surface area (Å²) in [4.78, 5) is 29.3. The molecule has 0 saturated carbocycles. The molecule has 0 radical (unpaired) electrons. The molecule has 0 aliphatic heterocycles. The minimum absolute atomic E-state index is 0.157. The number of pyridine rings is 1. The molecule has 2 rings (SSSR count). The fourth-order valence-electron chi connectivity index (χ4n) is 2.60. The SMILES string of the molecule is COC(=O)C(C)(C)NC(=O)c1cc(C(C)C)nc2c1c(C)nn2C. The van der Waals surface area contributed by atoms with Gasteiger partial charge in [0.25, 0.3) is 5.91 Å². The number of aromatic nitrogens is 3. The van der Waals surface area contributed by atoms with E-state index in [0.29, 0.717) is 16.6 Å². The van der Waals surface area contributed by atoms with E-state index in [0.717, 1.165) is 11.4 Å². The lowest BCUT2D eigenvalue weighted by molar-refractivity contribution is -0.146. The average molecular weight is 332 g/mol. The first-order chi connectivity index (χ1) is 11.1. The van der Waals surface area contributed by atoms with E-state index in [4.69, 9.17) is 4.74 Å². The van der Waals surface area contributed by atoms with E-state index in [1.807, 2.05) is 20.8 Å². The zero-order valence-corrected chi connectivity index (χ0v) is 15.2. The van der Waals surface area contributed by atoms with Gasteiger partial charge in [0.1, 0.15) is 5.54 Å². The van der Waals surface area contributed by atoms with Crippen molar-refractivity contribution in [2.24, 2.45) is 7.05 Å². The van der Waals surface area contributed by atoms with Crippen molar-refractivity contribution >= 4 is 22.9 Å². The minimum Gasteiger partial charge on any atom is -0.467 e. The predicted octanol–water partition coefficient (Wildman–Crippen LogP) is 2.08. The molecule has 0 saturated heterocycles. The number of hydrogen-bond acceptors (Lipinski definition) is 5. The third-order valence-electron chi connectivity index (χ3n) is 3.95. The standard InChI is InChI=1S/C17H24N4O3/c1-9(2)12-8-11(13-10(3)20-21(6)14(13)18-12)15(22)19-17(4,5)16(23)24-7/h8-9H,1-7H3,(H,19,22). The molecular weight excluding hydrogens is 308 g/mol. The number of ether oxygens (including phenoxy) is 1. The molecule has 2 heterocycles. The summed E-state index contributed by atoms with van der Waals surface area (Å²) >= 11 is 0. The molecule has 130 valence electrons. The van der Waals surface area contributed by atoms with Gasteiger partial charge >= 0.3 is 5.97 Å². The van der Waals surface area contributed by atoms with Gasteiger partial charge in [-0.3, -0.25) is 9.48 Å². The smallest absolute Gasteiger partial charge is 0.330 e. The Kier molecular flexibility index (Phi) is 4.64. The van der Waals surface area contributed by atoms with E-state index >= 15 is 0 Å². The Morgan fingerprint density at radius 3 is 2.50 bits per heavy atom. The Balaban J connectivity index is 2.58. The molecule has 1 N–H and O–H groups in total. The molecule has 0 aromatic carbocycles. The van der Waals surface area contributed by atoms with E-state index in [1.165, 1.54) is 7.11 Å². The lowest BCUT2D eigenvalue weighted by atomic mass is 10.0. The van der Waals surface area contributed by atoms with Crippen LogP contribution in [0.25, 0.3) is 11.0 Å². The summed E-state index contributed by atoms with van der Waals surface area (Å²) in [5, 5.41) is 7.80. The van der Waals surface area contributed by atoms with Crippen molar-refractivity contribution in [2.45, 2.75) is 46.1 Å². The van der Waals surface area contributed by atoms with Gasteiger partial charge < -0.3 is 10.1 Å². The number of esters is 1. The fourth-order valence-corrected chi connectivity index (χ4v) is 2.60. The number of carbonyl (C=O) groups excluding carboxylic acids is 2. The van der Waals surface area contributed by atoms with Crippen molar-refractivity contribution in [3.63, 3.8) is 0 Å². The predicted molar refractivity (Wildman–Crippen MR) is 90.9 cm³/mol. The molecule has 2 aromatic heterocycles. The summed E-state index contributed by atoms with van der Waals surface area (Å²) < 4.78 is 6.41. The van der Waals surface area contributed by atoms with E-state index in [-0.39, 0.29) is 11.8 Å². The molecule has 0 unspecified atom stereocenters. The molecule has 1 amide bonds. The lowest BCUT2D eigenvalue weighted by Crippen LogP contribution is -2.50. The van der Waals surface area contributed by atoms with Crippen molar-refractivity contribution in [3.05, 3.63) is 23.0 Å². The van der Waals surface area contributed by atoms with Crippen LogP contribution in [0, 0.1) is 6.92 Å². The van der Waals surface area contributed by atoms with Gasteiger partial charge in [-0.05, 0) is 32.8 Å². The minimum atomic E-state index is -1.13. The fraction of sp³-hybridized carbons (Fsp3) is 0.529. The largest absolute Gasteiger partial charge is 0.467 e. The van der Waals surface area contributed by atoms with Crippen LogP contribution in [-0.4, -0.2) is 39.3 Å². The molecule has 24 heavy (non-hydrogen) atoms. The van der Waals surface area contributed by atoms with Crippen LogP contribution in [-0.2, 0) is 16.6 Å². The van der Waals surface area contributed by atoms with Crippen molar-refractivity contribution in [2.75, 3.05) is 7.11 Å².